The molecule has 0 aliphatic carbocycles. The van der Waals surface area contributed by atoms with E-state index >= 15 is 0 Å². The molecule has 0 atom stereocenters. The van der Waals surface area contributed by atoms with Gasteiger partial charge in [-0.3, -0.25) is 4.79 Å². The Bertz CT molecular complexity index is 904. The molecule has 0 saturated carbocycles. The number of nitrogens with zero attached hydrogens (tertiary/aromatic N) is 4. The van der Waals surface area contributed by atoms with E-state index in [1.54, 1.807) is 12.1 Å². The molecule has 0 unspecified atom stereocenters. The molecular weight excluding hydrogens is 428 g/mol. The number of thioether (sulfide) groups is 1. The number of amides is 1. The van der Waals surface area contributed by atoms with E-state index in [-0.39, 0.29) is 12.5 Å². The topological polar surface area (TPSA) is 72.7 Å². The van der Waals surface area contributed by atoms with Crippen LogP contribution in [0.25, 0.3) is 11.4 Å². The van der Waals surface area contributed by atoms with Crippen LogP contribution in [0.4, 0.5) is 14.5 Å². The SMILES string of the molecule is O=C(Cn1nnc(-c2ccccc2Br)n1)Nc1ccc(SC(F)F)cc1. The minimum absolute atomic E-state index is 0.120. The Morgan fingerprint density at radius 1 is 1.19 bits per heavy atom. The van der Waals surface area contributed by atoms with Gasteiger partial charge in [0.15, 0.2) is 0 Å². The molecule has 0 aliphatic heterocycles. The zero-order valence-corrected chi connectivity index (χ0v) is 15.5. The van der Waals surface area contributed by atoms with Crippen molar-refractivity contribution in [1.29, 1.82) is 0 Å². The van der Waals surface area contributed by atoms with Gasteiger partial charge in [0.25, 0.3) is 5.76 Å². The van der Waals surface area contributed by atoms with Crippen LogP contribution < -0.4 is 5.32 Å². The summed E-state index contributed by atoms with van der Waals surface area (Å²) in [6, 6.07) is 13.6. The number of rotatable bonds is 6. The van der Waals surface area contributed by atoms with Crippen LogP contribution in [0.2, 0.25) is 0 Å². The van der Waals surface area contributed by atoms with Crippen molar-refractivity contribution in [3.05, 3.63) is 53.0 Å². The normalized spacial score (nSPS) is 10.9. The highest BCUT2D eigenvalue weighted by molar-refractivity contribution is 9.10. The van der Waals surface area contributed by atoms with E-state index in [0.717, 1.165) is 10.0 Å². The third-order valence-corrected chi connectivity index (χ3v) is 4.63. The van der Waals surface area contributed by atoms with Gasteiger partial charge in [-0.1, -0.05) is 39.8 Å². The van der Waals surface area contributed by atoms with Gasteiger partial charge in [-0.15, -0.1) is 10.2 Å². The maximum atomic E-state index is 12.3. The van der Waals surface area contributed by atoms with E-state index in [1.807, 2.05) is 24.3 Å². The van der Waals surface area contributed by atoms with E-state index in [0.29, 0.717) is 28.2 Å². The summed E-state index contributed by atoms with van der Waals surface area (Å²) in [5.41, 5.74) is 1.27. The van der Waals surface area contributed by atoms with Gasteiger partial charge >= 0.3 is 0 Å². The van der Waals surface area contributed by atoms with Crippen LogP contribution in [0.5, 0.6) is 0 Å². The minimum Gasteiger partial charge on any atom is -0.324 e. The molecule has 0 spiro atoms. The number of halogens is 3. The molecule has 2 aromatic carbocycles. The first-order valence-electron chi connectivity index (χ1n) is 7.39. The summed E-state index contributed by atoms with van der Waals surface area (Å²) in [5, 5.41) is 14.7. The fourth-order valence-electron chi connectivity index (χ4n) is 2.11. The Morgan fingerprint density at radius 2 is 1.92 bits per heavy atom. The van der Waals surface area contributed by atoms with Gasteiger partial charge in [-0.25, -0.2) is 0 Å². The standard InChI is InChI=1S/C16H12BrF2N5OS/c17-13-4-2-1-3-12(13)15-21-23-24(22-15)9-14(25)20-10-5-7-11(8-6-10)26-16(18)19/h1-8,16H,9H2,(H,20,25). The summed E-state index contributed by atoms with van der Waals surface area (Å²) in [5.74, 6) is -2.43. The Balaban J connectivity index is 1.61. The van der Waals surface area contributed by atoms with Gasteiger partial charge in [-0.2, -0.15) is 13.6 Å². The van der Waals surface area contributed by atoms with Crippen molar-refractivity contribution < 1.29 is 13.6 Å². The first kappa shape index (κ1) is 18.5. The number of carbonyl (C=O) groups excluding carboxylic acids is 1. The number of benzene rings is 2. The molecule has 0 bridgehead atoms. The van der Waals surface area contributed by atoms with Gasteiger partial charge in [0.05, 0.1) is 0 Å². The maximum absolute atomic E-state index is 12.3. The molecule has 1 amide bonds. The Hall–Kier alpha value is -2.33. The highest BCUT2D eigenvalue weighted by atomic mass is 79.9. The lowest BCUT2D eigenvalue weighted by molar-refractivity contribution is -0.117. The van der Waals surface area contributed by atoms with Crippen molar-refractivity contribution in [2.75, 3.05) is 5.32 Å². The van der Waals surface area contributed by atoms with Crippen molar-refractivity contribution in [3.63, 3.8) is 0 Å². The molecule has 134 valence electrons. The molecule has 0 fully saturated rings. The molecule has 0 aliphatic rings. The Morgan fingerprint density at radius 3 is 2.62 bits per heavy atom. The van der Waals surface area contributed by atoms with E-state index in [4.69, 9.17) is 0 Å². The highest BCUT2D eigenvalue weighted by Gasteiger charge is 2.12. The monoisotopic (exact) mass is 439 g/mol. The molecule has 6 nitrogen and oxygen atoms in total. The third-order valence-electron chi connectivity index (χ3n) is 3.22. The van der Waals surface area contributed by atoms with Crippen molar-refractivity contribution in [2.24, 2.45) is 0 Å². The highest BCUT2D eigenvalue weighted by Crippen LogP contribution is 2.26. The van der Waals surface area contributed by atoms with Gasteiger partial charge < -0.3 is 5.32 Å². The third kappa shape index (κ3) is 4.85. The van der Waals surface area contributed by atoms with Gasteiger partial charge in [0, 0.05) is 20.6 Å². The van der Waals surface area contributed by atoms with Crippen LogP contribution >= 0.6 is 27.7 Å². The zero-order chi connectivity index (χ0) is 18.5. The molecular formula is C16H12BrF2N5OS. The predicted octanol–water partition coefficient (Wildman–Crippen LogP) is 4.06. The summed E-state index contributed by atoms with van der Waals surface area (Å²) < 4.78 is 25.4. The summed E-state index contributed by atoms with van der Waals surface area (Å²) in [7, 11) is 0. The van der Waals surface area contributed by atoms with E-state index < -0.39 is 5.76 Å². The molecule has 26 heavy (non-hydrogen) atoms. The van der Waals surface area contributed by atoms with Crippen LogP contribution in [0.1, 0.15) is 0 Å². The van der Waals surface area contributed by atoms with E-state index in [9.17, 15) is 13.6 Å². The van der Waals surface area contributed by atoms with Crippen LogP contribution in [-0.4, -0.2) is 31.9 Å². The molecule has 0 saturated heterocycles. The largest absolute Gasteiger partial charge is 0.324 e. The maximum Gasteiger partial charge on any atom is 0.288 e. The van der Waals surface area contributed by atoms with Crippen LogP contribution in [-0.2, 0) is 11.3 Å². The Kier molecular flexibility index (Phi) is 5.94. The lowest BCUT2D eigenvalue weighted by Gasteiger charge is -2.05. The van der Waals surface area contributed by atoms with Crippen LogP contribution in [0.15, 0.2) is 57.9 Å². The number of anilines is 1. The van der Waals surface area contributed by atoms with Crippen molar-refractivity contribution >= 4 is 39.3 Å². The summed E-state index contributed by atoms with van der Waals surface area (Å²) >= 11 is 3.86. The molecule has 1 N–H and O–H groups in total. The number of alkyl halides is 2. The van der Waals surface area contributed by atoms with Crippen LogP contribution in [0.3, 0.4) is 0 Å². The number of tetrazole rings is 1. The molecule has 0 radical (unpaired) electrons. The molecule has 1 heterocycles. The first-order chi connectivity index (χ1) is 12.5. The van der Waals surface area contributed by atoms with Gasteiger partial charge in [-0.05, 0) is 41.6 Å². The second kappa shape index (κ2) is 8.37. The summed E-state index contributed by atoms with van der Waals surface area (Å²) in [6.07, 6.45) is 0. The van der Waals surface area contributed by atoms with Crippen molar-refractivity contribution in [3.8, 4) is 11.4 Å². The Labute approximate surface area is 160 Å². The molecule has 10 heteroatoms. The number of hydrogen-bond acceptors (Lipinski definition) is 5. The second-order valence-corrected chi connectivity index (χ2v) is 6.99. The van der Waals surface area contributed by atoms with Crippen molar-refractivity contribution in [1.82, 2.24) is 20.2 Å². The second-order valence-electron chi connectivity index (χ2n) is 5.07. The lowest BCUT2D eigenvalue weighted by atomic mass is 10.2. The zero-order valence-electron chi connectivity index (χ0n) is 13.1. The number of carbonyl (C=O) groups is 1. The van der Waals surface area contributed by atoms with Gasteiger partial charge in [0.1, 0.15) is 6.54 Å². The summed E-state index contributed by atoms with van der Waals surface area (Å²) in [4.78, 5) is 13.7. The van der Waals surface area contributed by atoms with Crippen molar-refractivity contribution in [2.45, 2.75) is 17.2 Å². The number of nitrogens with one attached hydrogen (secondary N) is 1. The molecule has 3 aromatic rings. The fraction of sp³-hybridized carbons (Fsp3) is 0.125. The molecule has 1 aromatic heterocycles. The quantitative estimate of drug-likeness (QED) is 0.586. The fourth-order valence-corrected chi connectivity index (χ4v) is 3.07. The number of aromatic nitrogens is 4. The van der Waals surface area contributed by atoms with Crippen LogP contribution in [0, 0.1) is 0 Å². The van der Waals surface area contributed by atoms with E-state index in [2.05, 4.69) is 36.7 Å². The van der Waals surface area contributed by atoms with E-state index in [1.165, 1.54) is 16.9 Å². The lowest BCUT2D eigenvalue weighted by Crippen LogP contribution is -2.20. The van der Waals surface area contributed by atoms with Gasteiger partial charge in [0.2, 0.25) is 11.7 Å². The number of hydrogen-bond donors (Lipinski definition) is 1. The smallest absolute Gasteiger partial charge is 0.288 e. The average Bonchev–Trinajstić information content (AvgIpc) is 3.04. The predicted molar refractivity (Wildman–Crippen MR) is 97.9 cm³/mol. The minimum atomic E-state index is -2.48. The molecule has 3 rings (SSSR count). The first-order valence-corrected chi connectivity index (χ1v) is 9.06. The summed E-state index contributed by atoms with van der Waals surface area (Å²) in [6.45, 7) is -0.120. The average molecular weight is 440 g/mol.